The van der Waals surface area contributed by atoms with Crippen LogP contribution in [0, 0.1) is 6.92 Å². The SMILES string of the molecule is Cc1cccc2c1-c1ccccc1C2COC(=O)N[C@@H](CCc1ccccc1)C(=O)O. The number of aryl methyl sites for hydroxylation is 2. The number of carboxylic acids is 1. The molecular formula is C26H25NO4. The van der Waals surface area contributed by atoms with Crippen LogP contribution in [0.5, 0.6) is 0 Å². The maximum absolute atomic E-state index is 12.4. The fourth-order valence-corrected chi connectivity index (χ4v) is 4.28. The van der Waals surface area contributed by atoms with Gasteiger partial charge in [-0.2, -0.15) is 0 Å². The molecule has 1 amide bonds. The maximum atomic E-state index is 12.4. The van der Waals surface area contributed by atoms with E-state index in [2.05, 4.69) is 36.5 Å². The zero-order valence-electron chi connectivity index (χ0n) is 17.4. The van der Waals surface area contributed by atoms with Crippen molar-refractivity contribution in [1.29, 1.82) is 0 Å². The average Bonchev–Trinajstić information content (AvgIpc) is 3.10. The molecule has 0 aromatic heterocycles. The standard InChI is InChI=1S/C26H25NO4/c1-17-8-7-13-21-22(19-11-5-6-12-20(19)24(17)21)16-31-26(30)27-23(25(28)29)15-14-18-9-3-2-4-10-18/h2-13,22-23H,14-16H2,1H3,(H,27,30)(H,28,29)/t22?,23-/m0/s1. The minimum absolute atomic E-state index is 0.0653. The van der Waals surface area contributed by atoms with Gasteiger partial charge in [-0.15, -0.1) is 0 Å². The highest BCUT2D eigenvalue weighted by Gasteiger charge is 2.30. The number of fused-ring (bicyclic) bond motifs is 3. The number of benzene rings is 3. The van der Waals surface area contributed by atoms with Crippen molar-refractivity contribution in [3.63, 3.8) is 0 Å². The molecule has 0 radical (unpaired) electrons. The van der Waals surface area contributed by atoms with Gasteiger partial charge in [0.25, 0.3) is 0 Å². The second-order valence-electron chi connectivity index (χ2n) is 7.84. The van der Waals surface area contributed by atoms with Gasteiger partial charge in [0.1, 0.15) is 12.6 Å². The molecule has 0 saturated heterocycles. The third kappa shape index (κ3) is 4.45. The predicted molar refractivity (Wildman–Crippen MR) is 119 cm³/mol. The van der Waals surface area contributed by atoms with Crippen molar-refractivity contribution in [2.24, 2.45) is 0 Å². The molecular weight excluding hydrogens is 390 g/mol. The molecule has 3 aromatic carbocycles. The number of hydrogen-bond acceptors (Lipinski definition) is 3. The van der Waals surface area contributed by atoms with E-state index in [0.29, 0.717) is 12.8 Å². The lowest BCUT2D eigenvalue weighted by Gasteiger charge is -2.17. The third-order valence-electron chi connectivity index (χ3n) is 5.82. The van der Waals surface area contributed by atoms with Gasteiger partial charge in [0.05, 0.1) is 0 Å². The molecule has 3 aromatic rings. The number of amides is 1. The van der Waals surface area contributed by atoms with Gasteiger partial charge in [-0.3, -0.25) is 0 Å². The van der Waals surface area contributed by atoms with Gasteiger partial charge in [0.15, 0.2) is 0 Å². The molecule has 0 aliphatic heterocycles. The Morgan fingerprint density at radius 3 is 2.45 bits per heavy atom. The van der Waals surface area contributed by atoms with Gasteiger partial charge in [0, 0.05) is 5.92 Å². The summed E-state index contributed by atoms with van der Waals surface area (Å²) >= 11 is 0. The fourth-order valence-electron chi connectivity index (χ4n) is 4.28. The normalized spacial score (nSPS) is 14.9. The van der Waals surface area contributed by atoms with Gasteiger partial charge in [-0.25, -0.2) is 9.59 Å². The molecule has 31 heavy (non-hydrogen) atoms. The Hall–Kier alpha value is -3.60. The van der Waals surface area contributed by atoms with Crippen molar-refractivity contribution in [3.05, 3.63) is 95.1 Å². The number of ether oxygens (including phenoxy) is 1. The number of carboxylic acid groups (broad SMARTS) is 1. The van der Waals surface area contributed by atoms with Crippen LogP contribution in [0.3, 0.4) is 0 Å². The molecule has 4 rings (SSSR count). The molecule has 1 aliphatic carbocycles. The average molecular weight is 415 g/mol. The van der Waals surface area contributed by atoms with Crippen LogP contribution in [-0.4, -0.2) is 29.8 Å². The topological polar surface area (TPSA) is 75.6 Å². The van der Waals surface area contributed by atoms with E-state index in [-0.39, 0.29) is 12.5 Å². The maximum Gasteiger partial charge on any atom is 0.407 e. The van der Waals surface area contributed by atoms with Crippen LogP contribution in [0.1, 0.15) is 34.6 Å². The molecule has 5 heteroatoms. The van der Waals surface area contributed by atoms with Crippen LogP contribution < -0.4 is 5.32 Å². The largest absolute Gasteiger partial charge is 0.480 e. The third-order valence-corrected chi connectivity index (χ3v) is 5.82. The Labute approximate surface area is 181 Å². The van der Waals surface area contributed by atoms with Crippen LogP contribution in [0.4, 0.5) is 4.79 Å². The predicted octanol–water partition coefficient (Wildman–Crippen LogP) is 4.92. The molecule has 0 bridgehead atoms. The Bertz CT molecular complexity index is 1090. The first-order valence-corrected chi connectivity index (χ1v) is 10.4. The van der Waals surface area contributed by atoms with E-state index < -0.39 is 18.1 Å². The van der Waals surface area contributed by atoms with Crippen molar-refractivity contribution < 1.29 is 19.4 Å². The van der Waals surface area contributed by atoms with E-state index in [0.717, 1.165) is 22.3 Å². The second-order valence-corrected chi connectivity index (χ2v) is 7.84. The number of carbonyl (C=O) groups is 2. The van der Waals surface area contributed by atoms with Crippen LogP contribution in [0.2, 0.25) is 0 Å². The Kier molecular flexibility index (Phi) is 6.03. The molecule has 0 fully saturated rings. The number of aliphatic carboxylic acids is 1. The van der Waals surface area contributed by atoms with E-state index in [9.17, 15) is 14.7 Å². The van der Waals surface area contributed by atoms with Crippen molar-refractivity contribution in [2.75, 3.05) is 6.61 Å². The van der Waals surface area contributed by atoms with Crippen LogP contribution in [-0.2, 0) is 16.0 Å². The molecule has 2 N–H and O–H groups in total. The summed E-state index contributed by atoms with van der Waals surface area (Å²) in [7, 11) is 0. The van der Waals surface area contributed by atoms with Crippen LogP contribution in [0.25, 0.3) is 11.1 Å². The minimum atomic E-state index is -1.07. The zero-order chi connectivity index (χ0) is 21.8. The first-order valence-electron chi connectivity index (χ1n) is 10.4. The van der Waals surface area contributed by atoms with E-state index in [4.69, 9.17) is 4.74 Å². The molecule has 0 heterocycles. The van der Waals surface area contributed by atoms with Gasteiger partial charge in [0.2, 0.25) is 0 Å². The van der Waals surface area contributed by atoms with Gasteiger partial charge < -0.3 is 15.2 Å². The van der Waals surface area contributed by atoms with Gasteiger partial charge in [-0.05, 0) is 53.1 Å². The number of alkyl carbamates (subject to hydrolysis) is 1. The highest BCUT2D eigenvalue weighted by molar-refractivity contribution is 5.82. The monoisotopic (exact) mass is 415 g/mol. The number of carbonyl (C=O) groups excluding carboxylic acids is 1. The molecule has 0 spiro atoms. The highest BCUT2D eigenvalue weighted by Crippen LogP contribution is 2.46. The fraction of sp³-hybridized carbons (Fsp3) is 0.231. The molecule has 0 saturated carbocycles. The summed E-state index contributed by atoms with van der Waals surface area (Å²) in [6, 6.07) is 22.9. The zero-order valence-corrected chi connectivity index (χ0v) is 17.4. The van der Waals surface area contributed by atoms with Crippen molar-refractivity contribution >= 4 is 12.1 Å². The molecule has 158 valence electrons. The van der Waals surface area contributed by atoms with E-state index in [1.807, 2.05) is 48.5 Å². The molecule has 5 nitrogen and oxygen atoms in total. The van der Waals surface area contributed by atoms with Crippen molar-refractivity contribution in [2.45, 2.75) is 31.7 Å². The molecule has 2 atom stereocenters. The quantitative estimate of drug-likeness (QED) is 0.574. The second kappa shape index (κ2) is 9.04. The summed E-state index contributed by atoms with van der Waals surface area (Å²) in [6.45, 7) is 2.24. The number of nitrogens with one attached hydrogen (secondary N) is 1. The van der Waals surface area contributed by atoms with E-state index in [1.165, 1.54) is 11.1 Å². The van der Waals surface area contributed by atoms with Crippen LogP contribution >= 0.6 is 0 Å². The summed E-state index contributed by atoms with van der Waals surface area (Å²) in [5.41, 5.74) is 6.82. The van der Waals surface area contributed by atoms with Crippen LogP contribution in [0.15, 0.2) is 72.8 Å². The summed E-state index contributed by atoms with van der Waals surface area (Å²) in [4.78, 5) is 24.0. The lowest BCUT2D eigenvalue weighted by atomic mass is 9.97. The van der Waals surface area contributed by atoms with E-state index >= 15 is 0 Å². The Balaban J connectivity index is 1.41. The lowest BCUT2D eigenvalue weighted by Crippen LogP contribution is -2.41. The Morgan fingerprint density at radius 2 is 1.68 bits per heavy atom. The lowest BCUT2D eigenvalue weighted by molar-refractivity contribution is -0.139. The summed E-state index contributed by atoms with van der Waals surface area (Å²) in [5, 5.41) is 12.0. The van der Waals surface area contributed by atoms with Crippen molar-refractivity contribution in [1.82, 2.24) is 5.32 Å². The van der Waals surface area contributed by atoms with Gasteiger partial charge in [-0.1, -0.05) is 72.8 Å². The molecule has 1 unspecified atom stereocenters. The highest BCUT2D eigenvalue weighted by atomic mass is 16.5. The first kappa shape index (κ1) is 20.7. The molecule has 1 aliphatic rings. The smallest absolute Gasteiger partial charge is 0.407 e. The number of rotatable bonds is 7. The summed E-state index contributed by atoms with van der Waals surface area (Å²) in [5.74, 6) is -1.13. The van der Waals surface area contributed by atoms with E-state index in [1.54, 1.807) is 0 Å². The van der Waals surface area contributed by atoms with Gasteiger partial charge >= 0.3 is 12.1 Å². The van der Waals surface area contributed by atoms with Crippen molar-refractivity contribution in [3.8, 4) is 11.1 Å². The number of hydrogen-bond donors (Lipinski definition) is 2. The Morgan fingerprint density at radius 1 is 0.968 bits per heavy atom. The summed E-state index contributed by atoms with van der Waals surface area (Å²) < 4.78 is 5.50. The minimum Gasteiger partial charge on any atom is -0.480 e. The summed E-state index contributed by atoms with van der Waals surface area (Å²) in [6.07, 6.45) is 0.141. The first-order chi connectivity index (χ1) is 15.0.